The minimum absolute atomic E-state index is 0.349. The highest BCUT2D eigenvalue weighted by Gasteiger charge is 2.37. The van der Waals surface area contributed by atoms with Crippen LogP contribution in [0.1, 0.15) is 6.42 Å². The van der Waals surface area contributed by atoms with Crippen molar-refractivity contribution in [3.05, 3.63) is 32.8 Å². The summed E-state index contributed by atoms with van der Waals surface area (Å²) in [4.78, 5) is 10.1. The summed E-state index contributed by atoms with van der Waals surface area (Å²) in [5.41, 5.74) is 0. The van der Waals surface area contributed by atoms with Gasteiger partial charge in [-0.15, -0.1) is 0 Å². The van der Waals surface area contributed by atoms with E-state index in [2.05, 4.69) is 31.9 Å². The fourth-order valence-electron chi connectivity index (χ4n) is 0.782. The van der Waals surface area contributed by atoms with Gasteiger partial charge in [-0.05, 0) is 0 Å². The molecule has 0 aliphatic heterocycles. The average Bonchev–Trinajstić information content (AvgIpc) is 1.86. The molecule has 0 aromatic carbocycles. The monoisotopic (exact) mass is 281 g/mol. The molecule has 60 valence electrons. The van der Waals surface area contributed by atoms with Gasteiger partial charge in [0, 0.05) is 31.4 Å². The maximum absolute atomic E-state index is 10.5. The van der Waals surface area contributed by atoms with Gasteiger partial charge in [0.25, 0.3) is 4.45 Å². The van der Waals surface area contributed by atoms with Crippen molar-refractivity contribution >= 4 is 31.9 Å². The molecule has 11 heavy (non-hydrogen) atoms. The van der Waals surface area contributed by atoms with Gasteiger partial charge in [0.15, 0.2) is 0 Å². The lowest BCUT2D eigenvalue weighted by atomic mass is 10.1. The minimum atomic E-state index is -1.11. The molecule has 0 saturated carbocycles. The molecule has 0 saturated heterocycles. The van der Waals surface area contributed by atoms with E-state index in [9.17, 15) is 10.1 Å². The lowest BCUT2D eigenvalue weighted by Gasteiger charge is -2.15. The van der Waals surface area contributed by atoms with Gasteiger partial charge in [-0.1, -0.05) is 28.1 Å². The van der Waals surface area contributed by atoms with Crippen LogP contribution < -0.4 is 0 Å². The Morgan fingerprint density at radius 3 is 2.73 bits per heavy atom. The third-order valence-electron chi connectivity index (χ3n) is 1.34. The Labute approximate surface area is 80.6 Å². The SMILES string of the molecule is O=[N+]([O-])C1(Br)C=C(Br)C=CC1. The van der Waals surface area contributed by atoms with Crippen molar-refractivity contribution in [1.29, 1.82) is 0 Å². The van der Waals surface area contributed by atoms with Crippen LogP contribution in [0.15, 0.2) is 22.7 Å². The van der Waals surface area contributed by atoms with Crippen LogP contribution in [0.25, 0.3) is 0 Å². The maximum Gasteiger partial charge on any atom is 0.297 e. The molecule has 1 aliphatic rings. The Balaban J connectivity index is 2.92. The van der Waals surface area contributed by atoms with E-state index < -0.39 is 4.45 Å². The van der Waals surface area contributed by atoms with E-state index in [0.29, 0.717) is 6.42 Å². The number of hydrogen-bond donors (Lipinski definition) is 0. The normalized spacial score (nSPS) is 29.8. The fraction of sp³-hybridized carbons (Fsp3) is 0.333. The van der Waals surface area contributed by atoms with Crippen molar-refractivity contribution < 1.29 is 4.92 Å². The molecule has 0 amide bonds. The van der Waals surface area contributed by atoms with E-state index in [0.717, 1.165) is 4.48 Å². The zero-order chi connectivity index (χ0) is 8.48. The van der Waals surface area contributed by atoms with E-state index >= 15 is 0 Å². The number of nitrogens with zero attached hydrogens (tertiary/aromatic N) is 1. The van der Waals surface area contributed by atoms with Crippen molar-refractivity contribution in [2.24, 2.45) is 0 Å². The second kappa shape index (κ2) is 3.06. The molecule has 0 N–H and O–H groups in total. The van der Waals surface area contributed by atoms with Crippen LogP contribution >= 0.6 is 31.9 Å². The molecule has 1 atom stereocenters. The first-order valence-electron chi connectivity index (χ1n) is 2.93. The van der Waals surface area contributed by atoms with Gasteiger partial charge in [0.1, 0.15) is 0 Å². The first kappa shape index (κ1) is 8.93. The molecule has 1 unspecified atom stereocenters. The number of nitro groups is 1. The number of rotatable bonds is 1. The first-order valence-corrected chi connectivity index (χ1v) is 4.51. The molecule has 5 heteroatoms. The lowest BCUT2D eigenvalue weighted by Crippen LogP contribution is -2.29. The van der Waals surface area contributed by atoms with Gasteiger partial charge in [-0.3, -0.25) is 10.1 Å². The van der Waals surface area contributed by atoms with Gasteiger partial charge in [-0.25, -0.2) is 0 Å². The van der Waals surface area contributed by atoms with Gasteiger partial charge in [0.05, 0.1) is 6.42 Å². The Hall–Kier alpha value is -0.160. The largest absolute Gasteiger partial charge is 0.297 e. The van der Waals surface area contributed by atoms with Gasteiger partial charge in [0.2, 0.25) is 0 Å². The third-order valence-corrected chi connectivity index (χ3v) is 2.68. The molecular formula is C6H5Br2NO2. The Morgan fingerprint density at radius 1 is 1.73 bits per heavy atom. The summed E-state index contributed by atoms with van der Waals surface area (Å²) in [7, 11) is 0. The third kappa shape index (κ3) is 1.90. The molecule has 0 spiro atoms. The fourth-order valence-corrected chi connectivity index (χ4v) is 2.09. The quantitative estimate of drug-likeness (QED) is 0.321. The zero-order valence-electron chi connectivity index (χ0n) is 5.46. The summed E-state index contributed by atoms with van der Waals surface area (Å²) in [5, 5.41) is 10.5. The minimum Gasteiger partial charge on any atom is -0.263 e. The van der Waals surface area contributed by atoms with Gasteiger partial charge in [-0.2, -0.15) is 0 Å². The topological polar surface area (TPSA) is 43.1 Å². The molecule has 0 aromatic heterocycles. The van der Waals surface area contributed by atoms with Crippen LogP contribution in [0.3, 0.4) is 0 Å². The van der Waals surface area contributed by atoms with E-state index in [4.69, 9.17) is 0 Å². The standard InChI is InChI=1S/C6H5Br2NO2/c7-5-2-1-3-6(8,4-5)9(10)11/h1-2,4H,3H2. The van der Waals surface area contributed by atoms with E-state index in [1.54, 1.807) is 12.2 Å². The molecule has 3 nitrogen and oxygen atoms in total. The Bertz CT molecular complexity index is 249. The molecule has 0 radical (unpaired) electrons. The second-order valence-electron chi connectivity index (χ2n) is 2.21. The summed E-state index contributed by atoms with van der Waals surface area (Å²) >= 11 is 6.22. The van der Waals surface area contributed by atoms with E-state index in [-0.39, 0.29) is 4.92 Å². The highest BCUT2D eigenvalue weighted by molar-refractivity contribution is 9.12. The molecule has 0 fully saturated rings. The van der Waals surface area contributed by atoms with Crippen LogP contribution in [-0.4, -0.2) is 9.37 Å². The summed E-state index contributed by atoms with van der Waals surface area (Å²) in [6, 6.07) is 0. The summed E-state index contributed by atoms with van der Waals surface area (Å²) in [6.45, 7) is 0. The highest BCUT2D eigenvalue weighted by Crippen LogP contribution is 2.32. The van der Waals surface area contributed by atoms with Crippen LogP contribution in [0.5, 0.6) is 0 Å². The first-order chi connectivity index (χ1) is 5.04. The van der Waals surface area contributed by atoms with Crippen molar-refractivity contribution in [2.75, 3.05) is 0 Å². The van der Waals surface area contributed by atoms with Crippen LogP contribution in [0, 0.1) is 10.1 Å². The zero-order valence-corrected chi connectivity index (χ0v) is 8.63. The molecule has 0 bridgehead atoms. The van der Waals surface area contributed by atoms with Crippen LogP contribution in [-0.2, 0) is 0 Å². The molecule has 1 aliphatic carbocycles. The number of hydrogen-bond acceptors (Lipinski definition) is 2. The predicted octanol–water partition coefficient (Wildman–Crippen LogP) is 2.59. The highest BCUT2D eigenvalue weighted by atomic mass is 79.9. The van der Waals surface area contributed by atoms with Crippen molar-refractivity contribution in [3.8, 4) is 0 Å². The van der Waals surface area contributed by atoms with Crippen LogP contribution in [0.2, 0.25) is 0 Å². The summed E-state index contributed by atoms with van der Waals surface area (Å²) in [5.74, 6) is 0. The van der Waals surface area contributed by atoms with Crippen LogP contribution in [0.4, 0.5) is 0 Å². The van der Waals surface area contributed by atoms with Gasteiger partial charge < -0.3 is 0 Å². The molecule has 0 heterocycles. The predicted molar refractivity (Wildman–Crippen MR) is 49.4 cm³/mol. The van der Waals surface area contributed by atoms with E-state index in [1.807, 2.05) is 0 Å². The maximum atomic E-state index is 10.5. The van der Waals surface area contributed by atoms with Crippen molar-refractivity contribution in [1.82, 2.24) is 0 Å². The molecular weight excluding hydrogens is 278 g/mol. The smallest absolute Gasteiger partial charge is 0.263 e. The number of alkyl halides is 1. The van der Waals surface area contributed by atoms with Crippen molar-refractivity contribution in [2.45, 2.75) is 10.9 Å². The summed E-state index contributed by atoms with van der Waals surface area (Å²) < 4.78 is -0.377. The van der Waals surface area contributed by atoms with E-state index in [1.165, 1.54) is 6.08 Å². The Morgan fingerprint density at radius 2 is 2.36 bits per heavy atom. The van der Waals surface area contributed by atoms with Gasteiger partial charge >= 0.3 is 0 Å². The number of halogens is 2. The summed E-state index contributed by atoms with van der Waals surface area (Å²) in [6.07, 6.45) is 5.47. The molecule has 0 aromatic rings. The lowest BCUT2D eigenvalue weighted by molar-refractivity contribution is -0.521. The Kier molecular flexibility index (Phi) is 2.49. The van der Waals surface area contributed by atoms with Crippen molar-refractivity contribution in [3.63, 3.8) is 0 Å². The second-order valence-corrected chi connectivity index (χ2v) is 4.50. The molecule has 1 rings (SSSR count). The number of allylic oxidation sites excluding steroid dienone is 2. The average molecular weight is 283 g/mol.